The maximum atomic E-state index is 5.38. The van der Waals surface area contributed by atoms with Crippen molar-refractivity contribution in [2.75, 3.05) is 0 Å². The van der Waals surface area contributed by atoms with Crippen LogP contribution in [-0.2, 0) is 4.74 Å². The van der Waals surface area contributed by atoms with Gasteiger partial charge in [0, 0.05) is 0 Å². The Kier molecular flexibility index (Phi) is 2.75. The molecule has 0 aromatic heterocycles. The molecule has 0 aromatic rings. The van der Waals surface area contributed by atoms with Crippen molar-refractivity contribution in [3.63, 3.8) is 0 Å². The van der Waals surface area contributed by atoms with Crippen molar-refractivity contribution < 1.29 is 4.74 Å². The molecule has 0 spiro atoms. The van der Waals surface area contributed by atoms with Gasteiger partial charge in [-0.3, -0.25) is 0 Å². The minimum absolute atomic E-state index is 0.331. The zero-order chi connectivity index (χ0) is 8.27. The van der Waals surface area contributed by atoms with E-state index in [0.29, 0.717) is 6.10 Å². The second-order valence-electron chi connectivity index (χ2n) is 2.99. The quantitative estimate of drug-likeness (QED) is 0.446. The molecule has 1 nitrogen and oxygen atoms in total. The predicted octanol–water partition coefficient (Wildman–Crippen LogP) is 3.04. The van der Waals surface area contributed by atoms with Crippen LogP contribution < -0.4 is 0 Å². The highest BCUT2D eigenvalue weighted by molar-refractivity contribution is 5.22. The molecule has 1 aliphatic rings. The normalized spacial score (nSPS) is 24.0. The van der Waals surface area contributed by atoms with E-state index in [2.05, 4.69) is 20.4 Å². The SMILES string of the molecule is C=COC1CCC(C)=C1CC. The van der Waals surface area contributed by atoms with E-state index in [1.54, 1.807) is 6.26 Å². The second-order valence-corrected chi connectivity index (χ2v) is 2.99. The molecule has 1 heteroatoms. The van der Waals surface area contributed by atoms with Gasteiger partial charge in [0.15, 0.2) is 0 Å². The van der Waals surface area contributed by atoms with E-state index in [-0.39, 0.29) is 0 Å². The molecular formula is C10H16O. The number of ether oxygens (including phenoxy) is 1. The number of hydrogen-bond donors (Lipinski definition) is 0. The molecule has 1 unspecified atom stereocenters. The largest absolute Gasteiger partial charge is 0.494 e. The van der Waals surface area contributed by atoms with E-state index in [1.807, 2.05) is 0 Å². The summed E-state index contributed by atoms with van der Waals surface area (Å²) < 4.78 is 5.38. The van der Waals surface area contributed by atoms with E-state index in [9.17, 15) is 0 Å². The Balaban J connectivity index is 2.63. The summed E-state index contributed by atoms with van der Waals surface area (Å²) in [6.45, 7) is 7.96. The van der Waals surface area contributed by atoms with Gasteiger partial charge in [-0.25, -0.2) is 0 Å². The minimum atomic E-state index is 0.331. The summed E-state index contributed by atoms with van der Waals surface area (Å²) in [5.74, 6) is 0. The first kappa shape index (κ1) is 8.38. The van der Waals surface area contributed by atoms with Crippen LogP contribution in [0, 0.1) is 0 Å². The lowest BCUT2D eigenvalue weighted by molar-refractivity contribution is 0.175. The van der Waals surface area contributed by atoms with Crippen molar-refractivity contribution in [1.29, 1.82) is 0 Å². The standard InChI is InChI=1S/C10H16O/c1-4-9-8(3)6-7-10(9)11-5-2/h5,10H,2,4,6-7H2,1,3H3. The Morgan fingerprint density at radius 2 is 2.45 bits per heavy atom. The highest BCUT2D eigenvalue weighted by Gasteiger charge is 2.21. The number of hydrogen-bond acceptors (Lipinski definition) is 1. The molecule has 0 radical (unpaired) electrons. The van der Waals surface area contributed by atoms with Crippen molar-refractivity contribution in [3.05, 3.63) is 24.0 Å². The molecule has 0 N–H and O–H groups in total. The first-order valence-corrected chi connectivity index (χ1v) is 4.24. The third kappa shape index (κ3) is 1.65. The Labute approximate surface area is 68.8 Å². The van der Waals surface area contributed by atoms with Gasteiger partial charge in [-0.2, -0.15) is 0 Å². The lowest BCUT2D eigenvalue weighted by atomic mass is 10.1. The fraction of sp³-hybridized carbons (Fsp3) is 0.600. The van der Waals surface area contributed by atoms with Crippen molar-refractivity contribution in [1.82, 2.24) is 0 Å². The Bertz CT molecular complexity index is 179. The molecule has 0 bridgehead atoms. The summed E-state index contributed by atoms with van der Waals surface area (Å²) in [5.41, 5.74) is 2.99. The van der Waals surface area contributed by atoms with Gasteiger partial charge in [-0.15, -0.1) is 0 Å². The number of rotatable bonds is 3. The third-order valence-corrected chi connectivity index (χ3v) is 2.36. The summed E-state index contributed by atoms with van der Waals surface area (Å²) in [7, 11) is 0. The van der Waals surface area contributed by atoms with E-state index < -0.39 is 0 Å². The molecule has 0 aliphatic heterocycles. The molecule has 0 heterocycles. The van der Waals surface area contributed by atoms with Crippen LogP contribution >= 0.6 is 0 Å². The second kappa shape index (κ2) is 3.61. The summed E-state index contributed by atoms with van der Waals surface area (Å²) in [6.07, 6.45) is 5.34. The van der Waals surface area contributed by atoms with Crippen LogP contribution in [0.15, 0.2) is 24.0 Å². The zero-order valence-corrected chi connectivity index (χ0v) is 7.39. The van der Waals surface area contributed by atoms with E-state index >= 15 is 0 Å². The highest BCUT2D eigenvalue weighted by atomic mass is 16.5. The van der Waals surface area contributed by atoms with Gasteiger partial charge in [0.1, 0.15) is 6.10 Å². The average molecular weight is 152 g/mol. The summed E-state index contributed by atoms with van der Waals surface area (Å²) in [6, 6.07) is 0. The van der Waals surface area contributed by atoms with Gasteiger partial charge in [0.05, 0.1) is 6.26 Å². The van der Waals surface area contributed by atoms with Gasteiger partial charge in [-0.05, 0) is 31.8 Å². The molecule has 1 atom stereocenters. The molecular weight excluding hydrogens is 136 g/mol. The zero-order valence-electron chi connectivity index (χ0n) is 7.39. The summed E-state index contributed by atoms with van der Waals surface area (Å²) in [5, 5.41) is 0. The lowest BCUT2D eigenvalue weighted by Gasteiger charge is -2.12. The van der Waals surface area contributed by atoms with Crippen molar-refractivity contribution in [3.8, 4) is 0 Å². The maximum absolute atomic E-state index is 5.38. The van der Waals surface area contributed by atoms with Crippen molar-refractivity contribution in [2.24, 2.45) is 0 Å². The fourth-order valence-corrected chi connectivity index (χ4v) is 1.75. The van der Waals surface area contributed by atoms with E-state index in [0.717, 1.165) is 12.8 Å². The topological polar surface area (TPSA) is 9.23 Å². The van der Waals surface area contributed by atoms with Crippen LogP contribution in [0.3, 0.4) is 0 Å². The molecule has 62 valence electrons. The van der Waals surface area contributed by atoms with E-state index in [1.165, 1.54) is 17.6 Å². The first-order chi connectivity index (χ1) is 5.29. The van der Waals surface area contributed by atoms with Crippen LogP contribution in [-0.4, -0.2) is 6.10 Å². The van der Waals surface area contributed by atoms with Gasteiger partial charge in [-0.1, -0.05) is 19.1 Å². The fourth-order valence-electron chi connectivity index (χ4n) is 1.75. The average Bonchev–Trinajstić information content (AvgIpc) is 2.33. The number of allylic oxidation sites excluding steroid dienone is 1. The smallest absolute Gasteiger partial charge is 0.119 e. The Morgan fingerprint density at radius 3 is 3.00 bits per heavy atom. The van der Waals surface area contributed by atoms with Crippen molar-refractivity contribution in [2.45, 2.75) is 39.2 Å². The minimum Gasteiger partial charge on any atom is -0.494 e. The molecule has 1 aliphatic carbocycles. The molecule has 0 aromatic carbocycles. The van der Waals surface area contributed by atoms with Gasteiger partial charge in [0.25, 0.3) is 0 Å². The Hall–Kier alpha value is -0.720. The predicted molar refractivity (Wildman–Crippen MR) is 47.3 cm³/mol. The lowest BCUT2D eigenvalue weighted by Crippen LogP contribution is -2.07. The van der Waals surface area contributed by atoms with Gasteiger partial charge < -0.3 is 4.74 Å². The van der Waals surface area contributed by atoms with Gasteiger partial charge >= 0.3 is 0 Å². The van der Waals surface area contributed by atoms with Gasteiger partial charge in [0.2, 0.25) is 0 Å². The summed E-state index contributed by atoms with van der Waals surface area (Å²) >= 11 is 0. The third-order valence-electron chi connectivity index (χ3n) is 2.36. The Morgan fingerprint density at radius 1 is 1.73 bits per heavy atom. The summed E-state index contributed by atoms with van der Waals surface area (Å²) in [4.78, 5) is 0. The van der Waals surface area contributed by atoms with Crippen LogP contribution in [0.1, 0.15) is 33.1 Å². The first-order valence-electron chi connectivity index (χ1n) is 4.24. The maximum Gasteiger partial charge on any atom is 0.119 e. The molecule has 1 rings (SSSR count). The molecule has 0 saturated heterocycles. The molecule has 11 heavy (non-hydrogen) atoms. The van der Waals surface area contributed by atoms with Crippen LogP contribution in [0.25, 0.3) is 0 Å². The van der Waals surface area contributed by atoms with Crippen LogP contribution in [0.2, 0.25) is 0 Å². The highest BCUT2D eigenvalue weighted by Crippen LogP contribution is 2.30. The molecule has 0 saturated carbocycles. The monoisotopic (exact) mass is 152 g/mol. The molecule has 0 amide bonds. The van der Waals surface area contributed by atoms with Crippen LogP contribution in [0.5, 0.6) is 0 Å². The van der Waals surface area contributed by atoms with Crippen LogP contribution in [0.4, 0.5) is 0 Å². The van der Waals surface area contributed by atoms with E-state index in [4.69, 9.17) is 4.74 Å². The molecule has 0 fully saturated rings. The van der Waals surface area contributed by atoms with Crippen molar-refractivity contribution >= 4 is 0 Å².